The number of nitrogens with one attached hydrogen (secondary N) is 1. The maximum Gasteiger partial charge on any atom is 0.410 e. The molecule has 1 atom stereocenters. The number of halogens is 1. The normalized spacial score (nSPS) is 18.0. The fourth-order valence-electron chi connectivity index (χ4n) is 3.16. The number of nitrogens with zero attached hydrogens (tertiary/aromatic N) is 3. The van der Waals surface area contributed by atoms with Crippen LogP contribution in [-0.4, -0.2) is 46.2 Å². The first-order chi connectivity index (χ1) is 12.3. The molecule has 3 rings (SSSR count). The number of rotatable bonds is 3. The van der Waals surface area contributed by atoms with Crippen molar-refractivity contribution in [1.29, 1.82) is 0 Å². The van der Waals surface area contributed by atoms with Gasteiger partial charge in [0.2, 0.25) is 0 Å². The lowest BCUT2D eigenvalue weighted by Gasteiger charge is -2.34. The highest BCUT2D eigenvalue weighted by atomic mass is 19.1. The molecule has 1 N–H and O–H groups in total. The molecule has 0 aliphatic carbocycles. The molecule has 1 fully saturated rings. The predicted molar refractivity (Wildman–Crippen MR) is 98.5 cm³/mol. The topological polar surface area (TPSA) is 67.3 Å². The molecule has 6 nitrogen and oxygen atoms in total. The van der Waals surface area contributed by atoms with Gasteiger partial charge < -0.3 is 15.0 Å². The number of anilines is 1. The van der Waals surface area contributed by atoms with Crippen molar-refractivity contribution in [1.82, 2.24) is 14.9 Å². The summed E-state index contributed by atoms with van der Waals surface area (Å²) in [6, 6.07) is 4.84. The van der Waals surface area contributed by atoms with Gasteiger partial charge in [0.15, 0.2) is 0 Å². The molecule has 2 aromatic rings. The molecule has 1 amide bonds. The standard InChI is InChI=1S/C19H25FN4O2/c1-19(2,3)26-18(25)24-9-5-6-13(11-24)10-21-17-14-7-4-8-15(20)16(14)22-12-23-17/h4,7-8,12-13H,5-6,9-11H2,1-3H3,(H,21,22,23). The number of amides is 1. The maximum atomic E-state index is 13.9. The lowest BCUT2D eigenvalue weighted by atomic mass is 9.98. The summed E-state index contributed by atoms with van der Waals surface area (Å²) in [5.41, 5.74) is -0.185. The zero-order valence-electron chi connectivity index (χ0n) is 15.5. The van der Waals surface area contributed by atoms with Crippen LogP contribution in [0.2, 0.25) is 0 Å². The third-order valence-corrected chi connectivity index (χ3v) is 4.34. The van der Waals surface area contributed by atoms with Crippen LogP contribution in [0.3, 0.4) is 0 Å². The van der Waals surface area contributed by atoms with Crippen LogP contribution in [0, 0.1) is 11.7 Å². The van der Waals surface area contributed by atoms with Crippen molar-refractivity contribution < 1.29 is 13.9 Å². The van der Waals surface area contributed by atoms with E-state index >= 15 is 0 Å². The summed E-state index contributed by atoms with van der Waals surface area (Å²) in [5, 5.41) is 3.96. The lowest BCUT2D eigenvalue weighted by molar-refractivity contribution is 0.0172. The van der Waals surface area contributed by atoms with E-state index in [2.05, 4.69) is 15.3 Å². The Morgan fingerprint density at radius 1 is 1.38 bits per heavy atom. The molecule has 0 saturated carbocycles. The number of likely N-dealkylation sites (tertiary alicyclic amines) is 1. The molecule has 0 bridgehead atoms. The second-order valence-electron chi connectivity index (χ2n) is 7.67. The Hall–Kier alpha value is -2.44. The Bertz CT molecular complexity index is 791. The van der Waals surface area contributed by atoms with E-state index in [9.17, 15) is 9.18 Å². The summed E-state index contributed by atoms with van der Waals surface area (Å²) >= 11 is 0. The van der Waals surface area contributed by atoms with Crippen LogP contribution in [0.4, 0.5) is 15.0 Å². The van der Waals surface area contributed by atoms with Crippen LogP contribution in [0.1, 0.15) is 33.6 Å². The highest BCUT2D eigenvalue weighted by molar-refractivity contribution is 5.89. The summed E-state index contributed by atoms with van der Waals surface area (Å²) < 4.78 is 19.3. The molecule has 7 heteroatoms. The molecule has 1 aliphatic rings. The maximum absolute atomic E-state index is 13.9. The Balaban J connectivity index is 1.63. The Morgan fingerprint density at radius 2 is 2.19 bits per heavy atom. The number of fused-ring (bicyclic) bond motifs is 1. The van der Waals surface area contributed by atoms with Gasteiger partial charge in [-0.25, -0.2) is 19.2 Å². The number of aromatic nitrogens is 2. The van der Waals surface area contributed by atoms with Crippen molar-refractivity contribution in [2.24, 2.45) is 5.92 Å². The highest BCUT2D eigenvalue weighted by Crippen LogP contribution is 2.23. The van der Waals surface area contributed by atoms with Crippen molar-refractivity contribution >= 4 is 22.8 Å². The lowest BCUT2D eigenvalue weighted by Crippen LogP contribution is -2.44. The number of benzene rings is 1. The van der Waals surface area contributed by atoms with E-state index in [-0.39, 0.29) is 17.8 Å². The van der Waals surface area contributed by atoms with Crippen LogP contribution in [0.25, 0.3) is 10.9 Å². The van der Waals surface area contributed by atoms with Gasteiger partial charge in [-0.05, 0) is 51.7 Å². The zero-order chi connectivity index (χ0) is 18.7. The molecule has 2 heterocycles. The fourth-order valence-corrected chi connectivity index (χ4v) is 3.16. The summed E-state index contributed by atoms with van der Waals surface area (Å²) in [4.78, 5) is 22.3. The number of para-hydroxylation sites is 1. The number of ether oxygens (including phenoxy) is 1. The van der Waals surface area contributed by atoms with E-state index in [0.29, 0.717) is 36.4 Å². The van der Waals surface area contributed by atoms with E-state index in [1.165, 1.54) is 12.4 Å². The molecule has 0 radical (unpaired) electrons. The largest absolute Gasteiger partial charge is 0.444 e. The molecule has 0 spiro atoms. The van der Waals surface area contributed by atoms with E-state index in [0.717, 1.165) is 12.8 Å². The van der Waals surface area contributed by atoms with Gasteiger partial charge in [0.25, 0.3) is 0 Å². The first kappa shape index (κ1) is 18.4. The molecule has 1 saturated heterocycles. The monoisotopic (exact) mass is 360 g/mol. The average Bonchev–Trinajstić information content (AvgIpc) is 2.59. The number of piperidine rings is 1. The van der Waals surface area contributed by atoms with Gasteiger partial charge in [-0.3, -0.25) is 0 Å². The first-order valence-electron chi connectivity index (χ1n) is 8.94. The second kappa shape index (κ2) is 7.43. The number of carbonyl (C=O) groups is 1. The van der Waals surface area contributed by atoms with Crippen LogP contribution >= 0.6 is 0 Å². The van der Waals surface area contributed by atoms with Gasteiger partial charge in [-0.15, -0.1) is 0 Å². The van der Waals surface area contributed by atoms with Gasteiger partial charge in [0.1, 0.15) is 29.1 Å². The minimum Gasteiger partial charge on any atom is -0.444 e. The van der Waals surface area contributed by atoms with Crippen LogP contribution in [-0.2, 0) is 4.74 Å². The number of carbonyl (C=O) groups excluding carboxylic acids is 1. The average molecular weight is 360 g/mol. The van der Waals surface area contributed by atoms with E-state index in [1.807, 2.05) is 20.8 Å². The Kier molecular flexibility index (Phi) is 5.25. The van der Waals surface area contributed by atoms with Crippen LogP contribution in [0.15, 0.2) is 24.5 Å². The second-order valence-corrected chi connectivity index (χ2v) is 7.67. The smallest absolute Gasteiger partial charge is 0.410 e. The van der Waals surface area contributed by atoms with E-state index < -0.39 is 5.60 Å². The first-order valence-corrected chi connectivity index (χ1v) is 8.94. The molecule has 26 heavy (non-hydrogen) atoms. The third-order valence-electron chi connectivity index (χ3n) is 4.34. The van der Waals surface area contributed by atoms with E-state index in [4.69, 9.17) is 4.74 Å². The summed E-state index contributed by atoms with van der Waals surface area (Å²) in [5.74, 6) is 0.542. The SMILES string of the molecule is CC(C)(C)OC(=O)N1CCCC(CNc2ncnc3c(F)cccc23)C1. The molecule has 1 aromatic carbocycles. The van der Waals surface area contributed by atoms with Gasteiger partial charge in [-0.1, -0.05) is 6.07 Å². The van der Waals surface area contributed by atoms with Crippen molar-refractivity contribution in [3.63, 3.8) is 0 Å². The highest BCUT2D eigenvalue weighted by Gasteiger charge is 2.27. The molecule has 1 unspecified atom stereocenters. The molecule has 140 valence electrons. The van der Waals surface area contributed by atoms with Crippen molar-refractivity contribution in [3.8, 4) is 0 Å². The molecular weight excluding hydrogens is 335 g/mol. The van der Waals surface area contributed by atoms with Gasteiger partial charge in [-0.2, -0.15) is 0 Å². The number of hydrogen-bond donors (Lipinski definition) is 1. The summed E-state index contributed by atoms with van der Waals surface area (Å²) in [6.07, 6.45) is 3.05. The summed E-state index contributed by atoms with van der Waals surface area (Å²) in [6.45, 7) is 7.61. The third kappa shape index (κ3) is 4.39. The Morgan fingerprint density at radius 3 is 2.96 bits per heavy atom. The van der Waals surface area contributed by atoms with Crippen LogP contribution in [0.5, 0.6) is 0 Å². The molecular formula is C19H25FN4O2. The van der Waals surface area contributed by atoms with Gasteiger partial charge >= 0.3 is 6.09 Å². The van der Waals surface area contributed by atoms with Crippen molar-refractivity contribution in [2.75, 3.05) is 25.0 Å². The zero-order valence-corrected chi connectivity index (χ0v) is 15.5. The van der Waals surface area contributed by atoms with Crippen LogP contribution < -0.4 is 5.32 Å². The van der Waals surface area contributed by atoms with Gasteiger partial charge in [0, 0.05) is 25.0 Å². The van der Waals surface area contributed by atoms with Crippen molar-refractivity contribution in [2.45, 2.75) is 39.2 Å². The Labute approximate surface area is 152 Å². The van der Waals surface area contributed by atoms with Crippen molar-refractivity contribution in [3.05, 3.63) is 30.3 Å². The molecule has 1 aromatic heterocycles. The number of hydrogen-bond acceptors (Lipinski definition) is 5. The minimum absolute atomic E-state index is 0.267. The minimum atomic E-state index is -0.494. The van der Waals surface area contributed by atoms with E-state index in [1.54, 1.807) is 17.0 Å². The fraction of sp³-hybridized carbons (Fsp3) is 0.526. The summed E-state index contributed by atoms with van der Waals surface area (Å²) in [7, 11) is 0. The quantitative estimate of drug-likeness (QED) is 0.901. The molecule has 1 aliphatic heterocycles. The predicted octanol–water partition coefficient (Wildman–Crippen LogP) is 3.83. The van der Waals surface area contributed by atoms with Gasteiger partial charge in [0.05, 0.1) is 0 Å².